The van der Waals surface area contributed by atoms with Crippen LogP contribution in [0.4, 0.5) is 4.39 Å². The van der Waals surface area contributed by atoms with Crippen LogP contribution in [0.3, 0.4) is 0 Å². The van der Waals surface area contributed by atoms with Gasteiger partial charge >= 0.3 is 0 Å². The number of methoxy groups -OCH3 is 1. The average molecular weight is 198 g/mol. The van der Waals surface area contributed by atoms with E-state index in [-0.39, 0.29) is 24.3 Å². The first-order valence-electron chi connectivity index (χ1n) is 4.58. The van der Waals surface area contributed by atoms with Crippen LogP contribution in [0.5, 0.6) is 5.75 Å². The van der Waals surface area contributed by atoms with Gasteiger partial charge in [0.1, 0.15) is 0 Å². The van der Waals surface area contributed by atoms with Crippen LogP contribution in [0.1, 0.15) is 19.4 Å². The van der Waals surface area contributed by atoms with Crippen molar-refractivity contribution in [3.05, 3.63) is 29.6 Å². The minimum atomic E-state index is -0.331. The minimum absolute atomic E-state index is 0.0257. The highest BCUT2D eigenvalue weighted by atomic mass is 19.1. The molecule has 0 atom stereocenters. The Hall–Kier alpha value is -1.09. The number of rotatable bonds is 4. The van der Waals surface area contributed by atoms with Crippen molar-refractivity contribution in [3.8, 4) is 5.75 Å². The molecule has 0 fully saturated rings. The normalized spacial score (nSPS) is 10.6. The summed E-state index contributed by atoms with van der Waals surface area (Å²) in [6.07, 6.45) is -0.0257. The second-order valence-electron chi connectivity index (χ2n) is 3.33. The van der Waals surface area contributed by atoms with Crippen molar-refractivity contribution in [2.24, 2.45) is 0 Å². The van der Waals surface area contributed by atoms with E-state index in [4.69, 9.17) is 9.47 Å². The van der Waals surface area contributed by atoms with Crippen LogP contribution >= 0.6 is 0 Å². The first kappa shape index (κ1) is 11.0. The van der Waals surface area contributed by atoms with Gasteiger partial charge < -0.3 is 9.47 Å². The zero-order valence-electron chi connectivity index (χ0n) is 8.71. The predicted molar refractivity (Wildman–Crippen MR) is 52.9 cm³/mol. The lowest BCUT2D eigenvalue weighted by Crippen LogP contribution is -2.08. The molecule has 78 valence electrons. The highest BCUT2D eigenvalue weighted by Gasteiger charge is 2.09. The number of ether oxygens (including phenoxy) is 2. The zero-order chi connectivity index (χ0) is 10.6. The largest absolute Gasteiger partial charge is 0.488 e. The second kappa shape index (κ2) is 4.96. The Morgan fingerprint density at radius 2 is 2.07 bits per heavy atom. The highest BCUT2D eigenvalue weighted by Crippen LogP contribution is 2.21. The van der Waals surface area contributed by atoms with Crippen LogP contribution in [0.15, 0.2) is 18.2 Å². The van der Waals surface area contributed by atoms with Gasteiger partial charge in [-0.2, -0.15) is 0 Å². The van der Waals surface area contributed by atoms with Crippen LogP contribution < -0.4 is 4.74 Å². The van der Waals surface area contributed by atoms with E-state index in [0.717, 1.165) is 0 Å². The molecule has 0 aromatic heterocycles. The molecule has 0 aliphatic heterocycles. The third kappa shape index (κ3) is 2.70. The molecule has 1 rings (SSSR count). The summed E-state index contributed by atoms with van der Waals surface area (Å²) in [5, 5.41) is 0. The molecule has 0 saturated heterocycles. The quantitative estimate of drug-likeness (QED) is 0.740. The maximum Gasteiger partial charge on any atom is 0.170 e. The number of hydrogen-bond donors (Lipinski definition) is 0. The Kier molecular flexibility index (Phi) is 3.89. The van der Waals surface area contributed by atoms with E-state index in [2.05, 4.69) is 0 Å². The van der Waals surface area contributed by atoms with Crippen LogP contribution in [0.25, 0.3) is 0 Å². The fourth-order valence-corrected chi connectivity index (χ4v) is 1.17. The molecule has 0 spiro atoms. The van der Waals surface area contributed by atoms with Crippen molar-refractivity contribution in [3.63, 3.8) is 0 Å². The molecule has 0 aliphatic rings. The van der Waals surface area contributed by atoms with Crippen LogP contribution in [-0.2, 0) is 11.3 Å². The van der Waals surface area contributed by atoms with Crippen LogP contribution in [-0.4, -0.2) is 13.2 Å². The van der Waals surface area contributed by atoms with Gasteiger partial charge in [0.15, 0.2) is 11.6 Å². The number of benzene rings is 1. The summed E-state index contributed by atoms with van der Waals surface area (Å²) < 4.78 is 23.8. The molecule has 3 heteroatoms. The predicted octanol–water partition coefficient (Wildman–Crippen LogP) is 2.76. The Bertz CT molecular complexity index is 297. The first-order chi connectivity index (χ1) is 6.65. The van der Waals surface area contributed by atoms with E-state index in [9.17, 15) is 4.39 Å². The standard InChI is InChI=1S/C11H15FO2/c1-8(2)14-10-6-4-5-9(7-13-3)11(10)12/h4-6,8H,7H2,1-3H3. The zero-order valence-corrected chi connectivity index (χ0v) is 8.71. The van der Waals surface area contributed by atoms with E-state index in [1.54, 1.807) is 18.2 Å². The van der Waals surface area contributed by atoms with Crippen LogP contribution in [0, 0.1) is 5.82 Å². The molecule has 0 unspecified atom stereocenters. The van der Waals surface area contributed by atoms with E-state index in [1.165, 1.54) is 7.11 Å². The molecule has 0 bridgehead atoms. The SMILES string of the molecule is COCc1cccc(OC(C)C)c1F. The Labute approximate surface area is 83.6 Å². The number of hydrogen-bond acceptors (Lipinski definition) is 2. The molecule has 1 aromatic carbocycles. The van der Waals surface area contributed by atoms with Gasteiger partial charge in [-0.3, -0.25) is 0 Å². The van der Waals surface area contributed by atoms with Gasteiger partial charge in [0.25, 0.3) is 0 Å². The van der Waals surface area contributed by atoms with Crippen molar-refractivity contribution in [2.45, 2.75) is 26.6 Å². The molecule has 0 N–H and O–H groups in total. The van der Waals surface area contributed by atoms with Gasteiger partial charge in [0.2, 0.25) is 0 Å². The minimum Gasteiger partial charge on any atom is -0.488 e. The molecule has 14 heavy (non-hydrogen) atoms. The lowest BCUT2D eigenvalue weighted by Gasteiger charge is -2.12. The van der Waals surface area contributed by atoms with E-state index < -0.39 is 0 Å². The number of halogens is 1. The van der Waals surface area contributed by atoms with E-state index in [1.807, 2.05) is 13.8 Å². The van der Waals surface area contributed by atoms with Gasteiger partial charge in [-0.15, -0.1) is 0 Å². The monoisotopic (exact) mass is 198 g/mol. The molecule has 2 nitrogen and oxygen atoms in total. The lowest BCUT2D eigenvalue weighted by molar-refractivity contribution is 0.178. The third-order valence-electron chi connectivity index (χ3n) is 1.71. The Balaban J connectivity index is 2.89. The van der Waals surface area contributed by atoms with Crippen molar-refractivity contribution < 1.29 is 13.9 Å². The molecule has 1 aromatic rings. The summed E-state index contributed by atoms with van der Waals surface area (Å²) in [6, 6.07) is 5.07. The fourth-order valence-electron chi connectivity index (χ4n) is 1.17. The van der Waals surface area contributed by atoms with E-state index in [0.29, 0.717) is 5.56 Å². The van der Waals surface area contributed by atoms with Gasteiger partial charge in [-0.25, -0.2) is 4.39 Å². The highest BCUT2D eigenvalue weighted by molar-refractivity contribution is 5.30. The Morgan fingerprint density at radius 1 is 1.36 bits per heavy atom. The summed E-state index contributed by atoms with van der Waals surface area (Å²) in [4.78, 5) is 0. The first-order valence-corrected chi connectivity index (χ1v) is 4.58. The van der Waals surface area contributed by atoms with Gasteiger partial charge in [0, 0.05) is 12.7 Å². The molecular weight excluding hydrogens is 183 g/mol. The Morgan fingerprint density at radius 3 is 2.64 bits per heavy atom. The topological polar surface area (TPSA) is 18.5 Å². The molecule has 0 radical (unpaired) electrons. The van der Waals surface area contributed by atoms with Crippen molar-refractivity contribution in [2.75, 3.05) is 7.11 Å². The maximum absolute atomic E-state index is 13.6. The van der Waals surface area contributed by atoms with Crippen molar-refractivity contribution in [1.82, 2.24) is 0 Å². The van der Waals surface area contributed by atoms with Crippen molar-refractivity contribution >= 4 is 0 Å². The van der Waals surface area contributed by atoms with E-state index >= 15 is 0 Å². The molecule has 0 aliphatic carbocycles. The lowest BCUT2D eigenvalue weighted by atomic mass is 10.2. The summed E-state index contributed by atoms with van der Waals surface area (Å²) in [5.74, 6) is -0.0439. The molecule has 0 amide bonds. The molecule has 0 heterocycles. The average Bonchev–Trinajstić information content (AvgIpc) is 2.11. The van der Waals surface area contributed by atoms with Gasteiger partial charge in [-0.05, 0) is 19.9 Å². The summed E-state index contributed by atoms with van der Waals surface area (Å²) in [5.41, 5.74) is 0.519. The van der Waals surface area contributed by atoms with Gasteiger partial charge in [0.05, 0.1) is 12.7 Å². The summed E-state index contributed by atoms with van der Waals surface area (Å²) in [6.45, 7) is 3.99. The van der Waals surface area contributed by atoms with Crippen molar-refractivity contribution in [1.29, 1.82) is 0 Å². The summed E-state index contributed by atoms with van der Waals surface area (Å²) in [7, 11) is 1.54. The smallest absolute Gasteiger partial charge is 0.170 e. The van der Waals surface area contributed by atoms with Gasteiger partial charge in [-0.1, -0.05) is 12.1 Å². The maximum atomic E-state index is 13.6. The second-order valence-corrected chi connectivity index (χ2v) is 3.33. The molecule has 0 saturated carbocycles. The third-order valence-corrected chi connectivity index (χ3v) is 1.71. The van der Waals surface area contributed by atoms with Crippen LogP contribution in [0.2, 0.25) is 0 Å². The summed E-state index contributed by atoms with van der Waals surface area (Å²) >= 11 is 0. The fraction of sp³-hybridized carbons (Fsp3) is 0.455. The molecular formula is C11H15FO2.